The third kappa shape index (κ3) is 13.1. The maximum absolute atomic E-state index is 12.5. The Kier molecular flexibility index (Phi) is 15.7. The van der Waals surface area contributed by atoms with Gasteiger partial charge in [0.25, 0.3) is 6.47 Å². The van der Waals surface area contributed by atoms with Gasteiger partial charge in [0.1, 0.15) is 12.7 Å². The number of nitrogens with one attached hydrogen (secondary N) is 4. The lowest BCUT2D eigenvalue weighted by Gasteiger charge is -2.23. The zero-order chi connectivity index (χ0) is 27.6. The fourth-order valence-electron chi connectivity index (χ4n) is 3.44. The lowest BCUT2D eigenvalue weighted by Crippen LogP contribution is -2.49. The van der Waals surface area contributed by atoms with Crippen molar-refractivity contribution in [2.75, 3.05) is 33.4 Å². The van der Waals surface area contributed by atoms with Crippen LogP contribution in [0, 0.1) is 0 Å². The van der Waals surface area contributed by atoms with Crippen LogP contribution in [0.3, 0.4) is 0 Å². The van der Waals surface area contributed by atoms with Crippen LogP contribution < -0.4 is 21.3 Å². The molecule has 1 rings (SSSR count). The molecule has 13 heteroatoms. The minimum absolute atomic E-state index is 0.0293. The van der Waals surface area contributed by atoms with E-state index in [0.717, 1.165) is 5.56 Å². The summed E-state index contributed by atoms with van der Waals surface area (Å²) in [5, 5.41) is 48.3. The lowest BCUT2D eigenvalue weighted by molar-refractivity contribution is -0.131. The molecule has 208 valence electrons. The summed E-state index contributed by atoms with van der Waals surface area (Å²) < 4.78 is 4.79. The first-order chi connectivity index (χ1) is 17.7. The van der Waals surface area contributed by atoms with Gasteiger partial charge in [-0.25, -0.2) is 0 Å². The molecule has 3 amide bonds. The molecule has 1 aromatic rings. The van der Waals surface area contributed by atoms with Gasteiger partial charge >= 0.3 is 0 Å². The Labute approximate surface area is 215 Å². The van der Waals surface area contributed by atoms with Gasteiger partial charge in [0, 0.05) is 19.6 Å². The molecule has 8 N–H and O–H groups in total. The van der Waals surface area contributed by atoms with E-state index in [4.69, 9.17) is 9.84 Å². The SMILES string of the molecule is CN[C@@H](CCC(=O)NCC(O)C(O)C(O)CCO)C(=O)NCC(=O)NC(COC=O)Cc1ccccc1. The molecule has 0 bridgehead atoms. The van der Waals surface area contributed by atoms with E-state index >= 15 is 0 Å². The summed E-state index contributed by atoms with van der Waals surface area (Å²) in [5.74, 6) is -1.48. The highest BCUT2D eigenvalue weighted by Gasteiger charge is 2.25. The molecule has 0 saturated carbocycles. The number of benzene rings is 1. The first kappa shape index (κ1) is 31.9. The van der Waals surface area contributed by atoms with Gasteiger partial charge in [0.15, 0.2) is 0 Å². The molecule has 37 heavy (non-hydrogen) atoms. The van der Waals surface area contributed by atoms with Crippen molar-refractivity contribution in [1.82, 2.24) is 21.3 Å². The Balaban J connectivity index is 2.44. The monoisotopic (exact) mass is 526 g/mol. The number of likely N-dealkylation sites (N-methyl/N-ethyl adjacent to an activating group) is 1. The number of carbonyl (C=O) groups is 4. The van der Waals surface area contributed by atoms with E-state index in [2.05, 4.69) is 21.3 Å². The van der Waals surface area contributed by atoms with Crippen LogP contribution in [0.2, 0.25) is 0 Å². The van der Waals surface area contributed by atoms with E-state index in [1.807, 2.05) is 30.3 Å². The van der Waals surface area contributed by atoms with E-state index in [9.17, 15) is 34.5 Å². The topological polar surface area (TPSA) is 207 Å². The Morgan fingerprint density at radius 2 is 1.70 bits per heavy atom. The molecule has 0 aliphatic rings. The highest BCUT2D eigenvalue weighted by molar-refractivity contribution is 5.88. The van der Waals surface area contributed by atoms with Crippen LogP contribution in [0.5, 0.6) is 0 Å². The van der Waals surface area contributed by atoms with Gasteiger partial charge in [-0.1, -0.05) is 30.3 Å². The normalized spacial score (nSPS) is 14.9. The summed E-state index contributed by atoms with van der Waals surface area (Å²) in [4.78, 5) is 47.4. The molecule has 0 heterocycles. The van der Waals surface area contributed by atoms with Crippen molar-refractivity contribution < 1.29 is 44.3 Å². The van der Waals surface area contributed by atoms with Crippen molar-refractivity contribution in [3.05, 3.63) is 35.9 Å². The number of hydrogen-bond donors (Lipinski definition) is 8. The van der Waals surface area contributed by atoms with E-state index < -0.39 is 48.1 Å². The molecule has 1 aromatic carbocycles. The first-order valence-electron chi connectivity index (χ1n) is 12.0. The second-order valence-corrected chi connectivity index (χ2v) is 8.42. The molecule has 13 nitrogen and oxygen atoms in total. The minimum atomic E-state index is -1.54. The fourth-order valence-corrected chi connectivity index (χ4v) is 3.44. The molecular weight excluding hydrogens is 488 g/mol. The van der Waals surface area contributed by atoms with Crippen LogP contribution in [-0.4, -0.2) is 108 Å². The molecule has 0 spiro atoms. The van der Waals surface area contributed by atoms with Crippen molar-refractivity contribution in [3.8, 4) is 0 Å². The van der Waals surface area contributed by atoms with Gasteiger partial charge in [-0.05, 0) is 31.9 Å². The Morgan fingerprint density at radius 1 is 1.00 bits per heavy atom. The van der Waals surface area contributed by atoms with Crippen molar-refractivity contribution in [2.24, 2.45) is 0 Å². The molecule has 0 aromatic heterocycles. The molecule has 5 atom stereocenters. The van der Waals surface area contributed by atoms with Crippen molar-refractivity contribution in [1.29, 1.82) is 0 Å². The number of aliphatic hydroxyl groups excluding tert-OH is 4. The summed E-state index contributed by atoms with van der Waals surface area (Å²) in [7, 11) is 1.53. The van der Waals surface area contributed by atoms with Gasteiger partial charge in [-0.15, -0.1) is 0 Å². The average molecular weight is 527 g/mol. The van der Waals surface area contributed by atoms with Crippen LogP contribution in [0.15, 0.2) is 30.3 Å². The van der Waals surface area contributed by atoms with Crippen LogP contribution in [-0.2, 0) is 30.3 Å². The van der Waals surface area contributed by atoms with Crippen LogP contribution in [0.4, 0.5) is 0 Å². The summed E-state index contributed by atoms with van der Waals surface area (Å²) in [6.07, 6.45) is -4.00. The van der Waals surface area contributed by atoms with Gasteiger partial charge < -0.3 is 46.4 Å². The fraction of sp³-hybridized carbons (Fsp3) is 0.583. The number of aliphatic hydroxyl groups is 4. The van der Waals surface area contributed by atoms with Crippen LogP contribution >= 0.6 is 0 Å². The molecule has 0 aliphatic carbocycles. The summed E-state index contributed by atoms with van der Waals surface area (Å²) in [6, 6.07) is 8.04. The number of ether oxygens (including phenoxy) is 1. The molecule has 4 unspecified atom stereocenters. The van der Waals surface area contributed by atoms with Crippen LogP contribution in [0.1, 0.15) is 24.8 Å². The van der Waals surface area contributed by atoms with Gasteiger partial charge in [0.2, 0.25) is 17.7 Å². The van der Waals surface area contributed by atoms with Gasteiger partial charge in [-0.3, -0.25) is 19.2 Å². The van der Waals surface area contributed by atoms with E-state index in [-0.39, 0.29) is 45.6 Å². The minimum Gasteiger partial charge on any atom is -0.466 e. The number of carbonyl (C=O) groups excluding carboxylic acids is 4. The smallest absolute Gasteiger partial charge is 0.293 e. The van der Waals surface area contributed by atoms with Crippen LogP contribution in [0.25, 0.3) is 0 Å². The third-order valence-electron chi connectivity index (χ3n) is 5.53. The molecule has 0 saturated heterocycles. The lowest BCUT2D eigenvalue weighted by atomic mass is 10.1. The summed E-state index contributed by atoms with van der Waals surface area (Å²) in [6.45, 7) is -0.746. The maximum atomic E-state index is 12.5. The summed E-state index contributed by atoms with van der Waals surface area (Å²) in [5.41, 5.74) is 0.934. The largest absolute Gasteiger partial charge is 0.466 e. The Morgan fingerprint density at radius 3 is 2.32 bits per heavy atom. The zero-order valence-electron chi connectivity index (χ0n) is 20.8. The first-order valence-corrected chi connectivity index (χ1v) is 12.0. The number of rotatable bonds is 19. The number of amides is 3. The van der Waals surface area contributed by atoms with Gasteiger partial charge in [0.05, 0.1) is 30.8 Å². The Hall–Kier alpha value is -3.10. The van der Waals surface area contributed by atoms with Crippen molar-refractivity contribution in [2.45, 2.75) is 56.1 Å². The van der Waals surface area contributed by atoms with Crippen molar-refractivity contribution in [3.63, 3.8) is 0 Å². The predicted molar refractivity (Wildman–Crippen MR) is 132 cm³/mol. The average Bonchev–Trinajstić information content (AvgIpc) is 2.89. The highest BCUT2D eigenvalue weighted by Crippen LogP contribution is 2.05. The predicted octanol–water partition coefficient (Wildman–Crippen LogP) is -3.05. The molecule has 0 radical (unpaired) electrons. The Bertz CT molecular complexity index is 828. The second-order valence-electron chi connectivity index (χ2n) is 8.42. The standard InChI is InChI=1S/C24H38N4O9/c1-25-18(7-8-21(33)26-12-20(32)23(35)19(31)9-10-29)24(36)27-13-22(34)28-17(14-37-15-30)11-16-5-3-2-4-6-16/h2-6,15,17-20,23,25,29,31-32,35H,7-14H2,1H3,(H,26,33)(H,27,36)(H,28,34)/t17?,18-,19?,20?,23?/m0/s1. The van der Waals surface area contributed by atoms with E-state index in [1.165, 1.54) is 7.05 Å². The molecular formula is C24H38N4O9. The third-order valence-corrected chi connectivity index (χ3v) is 5.53. The number of hydrogen-bond acceptors (Lipinski definition) is 10. The molecule has 0 fully saturated rings. The van der Waals surface area contributed by atoms with E-state index in [1.54, 1.807) is 0 Å². The quantitative estimate of drug-likeness (QED) is 0.0855. The van der Waals surface area contributed by atoms with Crippen molar-refractivity contribution >= 4 is 24.2 Å². The van der Waals surface area contributed by atoms with E-state index in [0.29, 0.717) is 12.9 Å². The highest BCUT2D eigenvalue weighted by atomic mass is 16.5. The summed E-state index contributed by atoms with van der Waals surface area (Å²) >= 11 is 0. The van der Waals surface area contributed by atoms with Gasteiger partial charge in [-0.2, -0.15) is 0 Å². The zero-order valence-corrected chi connectivity index (χ0v) is 20.8. The maximum Gasteiger partial charge on any atom is 0.293 e. The second kappa shape index (κ2) is 18.2. The molecule has 0 aliphatic heterocycles.